The average molecular weight is 476 g/mol. The molecule has 174 valence electrons. The number of aromatic nitrogens is 1. The lowest BCUT2D eigenvalue weighted by Gasteiger charge is -2.42. The van der Waals surface area contributed by atoms with E-state index in [4.69, 9.17) is 0 Å². The Morgan fingerprint density at radius 3 is 2.29 bits per heavy atom. The molecule has 0 unspecified atom stereocenters. The number of hydrogen-bond donors (Lipinski definition) is 1. The molecule has 1 aromatic heterocycles. The second kappa shape index (κ2) is 9.16. The summed E-state index contributed by atoms with van der Waals surface area (Å²) in [6, 6.07) is 25.4. The van der Waals surface area contributed by atoms with E-state index in [9.17, 15) is 12.8 Å². The standard InChI is InChI=1S/C27H26FN3O2S/c28-23-10-12-24(13-11-23)34(32,33)31-18-15-27(16-19-31,22-7-2-1-3-8-22)20-30-26-25-9-5-4-6-21(25)14-17-29-26/h1-14,17H,15-16,18-20H2,(H,29,30). The van der Waals surface area contributed by atoms with Crippen LogP contribution < -0.4 is 5.32 Å². The molecule has 2 heterocycles. The summed E-state index contributed by atoms with van der Waals surface area (Å²) in [6.07, 6.45) is 3.13. The topological polar surface area (TPSA) is 62.3 Å². The highest BCUT2D eigenvalue weighted by molar-refractivity contribution is 7.89. The molecule has 0 spiro atoms. The number of anilines is 1. The monoisotopic (exact) mass is 475 g/mol. The SMILES string of the molecule is O=S(=O)(c1ccc(F)cc1)N1CCC(CNc2nccc3ccccc23)(c2ccccc2)CC1. The number of pyridine rings is 1. The Balaban J connectivity index is 1.40. The van der Waals surface area contributed by atoms with Gasteiger partial charge < -0.3 is 5.32 Å². The second-order valence-corrected chi connectivity index (χ2v) is 10.7. The van der Waals surface area contributed by atoms with E-state index in [-0.39, 0.29) is 10.3 Å². The zero-order valence-corrected chi connectivity index (χ0v) is 19.5. The molecule has 1 aliphatic heterocycles. The molecule has 1 N–H and O–H groups in total. The van der Waals surface area contributed by atoms with E-state index < -0.39 is 15.8 Å². The first-order valence-corrected chi connectivity index (χ1v) is 12.8. The summed E-state index contributed by atoms with van der Waals surface area (Å²) in [5.41, 5.74) is 0.941. The van der Waals surface area contributed by atoms with Gasteiger partial charge in [-0.2, -0.15) is 4.31 Å². The van der Waals surface area contributed by atoms with Crippen molar-refractivity contribution in [1.29, 1.82) is 0 Å². The van der Waals surface area contributed by atoms with Crippen LogP contribution >= 0.6 is 0 Å². The van der Waals surface area contributed by atoms with Crippen molar-refractivity contribution < 1.29 is 12.8 Å². The van der Waals surface area contributed by atoms with E-state index in [2.05, 4.69) is 34.6 Å². The first kappa shape index (κ1) is 22.5. The molecular formula is C27H26FN3O2S. The number of rotatable bonds is 6. The lowest BCUT2D eigenvalue weighted by atomic mass is 9.73. The molecule has 0 saturated carbocycles. The number of fused-ring (bicyclic) bond motifs is 1. The molecule has 0 atom stereocenters. The van der Waals surface area contributed by atoms with Crippen LogP contribution in [-0.2, 0) is 15.4 Å². The number of halogens is 1. The zero-order chi connectivity index (χ0) is 23.6. The molecule has 0 aliphatic carbocycles. The molecule has 7 heteroatoms. The highest BCUT2D eigenvalue weighted by atomic mass is 32.2. The van der Waals surface area contributed by atoms with Gasteiger partial charge in [-0.15, -0.1) is 0 Å². The van der Waals surface area contributed by atoms with Gasteiger partial charge in [-0.25, -0.2) is 17.8 Å². The number of benzene rings is 3. The Bertz CT molecular complexity index is 1380. The normalized spacial score (nSPS) is 16.4. The minimum atomic E-state index is -3.67. The Morgan fingerprint density at radius 2 is 1.56 bits per heavy atom. The van der Waals surface area contributed by atoms with Gasteiger partial charge in [0.2, 0.25) is 10.0 Å². The summed E-state index contributed by atoms with van der Waals surface area (Å²) in [6.45, 7) is 1.42. The van der Waals surface area contributed by atoms with Crippen molar-refractivity contribution in [2.24, 2.45) is 0 Å². The van der Waals surface area contributed by atoms with Crippen LogP contribution in [0.2, 0.25) is 0 Å². The van der Waals surface area contributed by atoms with Crippen LogP contribution in [0, 0.1) is 5.82 Å². The fourth-order valence-corrected chi connectivity index (χ4v) is 6.22. The molecule has 5 nitrogen and oxygen atoms in total. The number of piperidine rings is 1. The molecule has 0 bridgehead atoms. The number of nitrogens with zero attached hydrogens (tertiary/aromatic N) is 2. The maximum absolute atomic E-state index is 13.3. The van der Waals surface area contributed by atoms with E-state index in [0.29, 0.717) is 32.5 Å². The van der Waals surface area contributed by atoms with Gasteiger partial charge in [-0.1, -0.05) is 54.6 Å². The highest BCUT2D eigenvalue weighted by Crippen LogP contribution is 2.38. The van der Waals surface area contributed by atoms with E-state index in [1.54, 1.807) is 6.20 Å². The number of hydrogen-bond acceptors (Lipinski definition) is 4. The molecule has 4 aromatic rings. The Morgan fingerprint density at radius 1 is 0.882 bits per heavy atom. The van der Waals surface area contributed by atoms with Crippen molar-refractivity contribution in [2.45, 2.75) is 23.2 Å². The van der Waals surface area contributed by atoms with Gasteiger partial charge in [-0.3, -0.25) is 0 Å². The fraction of sp³-hybridized carbons (Fsp3) is 0.222. The minimum absolute atomic E-state index is 0.124. The molecule has 1 aliphatic rings. The predicted octanol–water partition coefficient (Wildman–Crippen LogP) is 5.21. The van der Waals surface area contributed by atoms with Crippen molar-refractivity contribution in [2.75, 3.05) is 25.0 Å². The first-order valence-electron chi connectivity index (χ1n) is 11.4. The van der Waals surface area contributed by atoms with Gasteiger partial charge in [0, 0.05) is 36.6 Å². The lowest BCUT2D eigenvalue weighted by Crippen LogP contribution is -2.48. The third kappa shape index (κ3) is 4.29. The van der Waals surface area contributed by atoms with E-state index in [1.165, 1.54) is 34.1 Å². The van der Waals surface area contributed by atoms with E-state index in [0.717, 1.165) is 16.6 Å². The summed E-state index contributed by atoms with van der Waals surface area (Å²) in [4.78, 5) is 4.69. The molecule has 5 rings (SSSR count). The average Bonchev–Trinajstić information content (AvgIpc) is 2.88. The van der Waals surface area contributed by atoms with Crippen molar-refractivity contribution in [3.63, 3.8) is 0 Å². The summed E-state index contributed by atoms with van der Waals surface area (Å²) in [5.74, 6) is 0.378. The minimum Gasteiger partial charge on any atom is -0.369 e. The van der Waals surface area contributed by atoms with Gasteiger partial charge in [0.1, 0.15) is 11.6 Å². The van der Waals surface area contributed by atoms with Gasteiger partial charge in [0.25, 0.3) is 0 Å². The molecule has 0 amide bonds. The zero-order valence-electron chi connectivity index (χ0n) is 18.7. The van der Waals surface area contributed by atoms with Crippen molar-refractivity contribution in [3.8, 4) is 0 Å². The van der Waals surface area contributed by atoms with Crippen LogP contribution in [0.4, 0.5) is 10.2 Å². The van der Waals surface area contributed by atoms with E-state index in [1.807, 2.05) is 36.4 Å². The van der Waals surface area contributed by atoms with Crippen LogP contribution in [0.5, 0.6) is 0 Å². The molecule has 1 fully saturated rings. The maximum Gasteiger partial charge on any atom is 0.243 e. The highest BCUT2D eigenvalue weighted by Gasteiger charge is 2.39. The maximum atomic E-state index is 13.3. The van der Waals surface area contributed by atoms with Gasteiger partial charge >= 0.3 is 0 Å². The molecule has 0 radical (unpaired) electrons. The second-order valence-electron chi connectivity index (χ2n) is 8.74. The van der Waals surface area contributed by atoms with E-state index >= 15 is 0 Å². The Kier molecular flexibility index (Phi) is 6.06. The van der Waals surface area contributed by atoms with Crippen LogP contribution in [-0.4, -0.2) is 37.3 Å². The Hall–Kier alpha value is -3.29. The largest absolute Gasteiger partial charge is 0.369 e. The summed E-state index contributed by atoms with van der Waals surface area (Å²) < 4.78 is 41.1. The van der Waals surface area contributed by atoms with Gasteiger partial charge in [0.05, 0.1) is 4.90 Å². The fourth-order valence-electron chi connectivity index (χ4n) is 4.78. The molecular weight excluding hydrogens is 449 g/mol. The summed E-state index contributed by atoms with van der Waals surface area (Å²) in [7, 11) is -3.67. The number of nitrogens with one attached hydrogen (secondary N) is 1. The van der Waals surface area contributed by atoms with Crippen LogP contribution in [0.3, 0.4) is 0 Å². The van der Waals surface area contributed by atoms with Gasteiger partial charge in [0.15, 0.2) is 0 Å². The Labute approximate surface area is 199 Å². The first-order chi connectivity index (χ1) is 16.5. The third-order valence-corrected chi connectivity index (χ3v) is 8.70. The molecule has 34 heavy (non-hydrogen) atoms. The van der Waals surface area contributed by atoms with Crippen LogP contribution in [0.1, 0.15) is 18.4 Å². The quantitative estimate of drug-likeness (QED) is 0.416. The van der Waals surface area contributed by atoms with Crippen molar-refractivity contribution >= 4 is 26.6 Å². The smallest absolute Gasteiger partial charge is 0.243 e. The van der Waals surface area contributed by atoms with Crippen LogP contribution in [0.15, 0.2) is 96.0 Å². The molecule has 1 saturated heterocycles. The predicted molar refractivity (Wildman–Crippen MR) is 133 cm³/mol. The summed E-state index contributed by atoms with van der Waals surface area (Å²) in [5, 5.41) is 5.75. The molecule has 3 aromatic carbocycles. The number of sulfonamides is 1. The van der Waals surface area contributed by atoms with Crippen LogP contribution in [0.25, 0.3) is 10.8 Å². The lowest BCUT2D eigenvalue weighted by molar-refractivity contribution is 0.242. The third-order valence-electron chi connectivity index (χ3n) is 6.78. The van der Waals surface area contributed by atoms with Gasteiger partial charge in [-0.05, 0) is 54.1 Å². The van der Waals surface area contributed by atoms with Crippen molar-refractivity contribution in [1.82, 2.24) is 9.29 Å². The summed E-state index contributed by atoms with van der Waals surface area (Å²) >= 11 is 0. The van der Waals surface area contributed by atoms with Crippen molar-refractivity contribution in [3.05, 3.63) is 103 Å².